The van der Waals surface area contributed by atoms with Gasteiger partial charge in [-0.1, -0.05) is 27.2 Å². The Hall–Kier alpha value is 0.0200. The maximum atomic E-state index is 11.3. The molecule has 0 heterocycles. The number of thioether (sulfide) groups is 1. The van der Waals surface area contributed by atoms with Gasteiger partial charge in [-0.25, -0.2) is 0 Å². The van der Waals surface area contributed by atoms with E-state index in [9.17, 15) is 4.79 Å². The zero-order chi connectivity index (χ0) is 9.40. The molecule has 0 N–H and O–H groups in total. The number of unbranched alkanes of at least 4 members (excludes halogenated alkanes) is 1. The van der Waals surface area contributed by atoms with Crippen molar-refractivity contribution in [1.82, 2.24) is 0 Å². The first kappa shape index (κ1) is 12.0. The van der Waals surface area contributed by atoms with Crippen molar-refractivity contribution < 1.29 is 4.79 Å². The van der Waals surface area contributed by atoms with Crippen molar-refractivity contribution in [1.29, 1.82) is 0 Å². The zero-order valence-corrected chi connectivity index (χ0v) is 9.25. The Morgan fingerprint density at radius 3 is 2.58 bits per heavy atom. The summed E-state index contributed by atoms with van der Waals surface area (Å²) in [6.07, 6.45) is 3.44. The molecule has 0 saturated carbocycles. The van der Waals surface area contributed by atoms with Gasteiger partial charge in [-0.05, 0) is 18.6 Å². The van der Waals surface area contributed by atoms with Crippen molar-refractivity contribution in [2.75, 3.05) is 11.5 Å². The molecule has 0 fully saturated rings. The van der Waals surface area contributed by atoms with Gasteiger partial charge in [-0.2, -0.15) is 11.8 Å². The molecule has 0 aromatic carbocycles. The molecule has 0 aromatic rings. The fourth-order valence-corrected chi connectivity index (χ4v) is 1.91. The first-order valence-corrected chi connectivity index (χ1v) is 5.98. The van der Waals surface area contributed by atoms with E-state index in [4.69, 9.17) is 0 Å². The third-order valence-corrected chi connectivity index (χ3v) is 3.11. The number of carbonyl (C=O) groups is 1. The molecule has 1 nitrogen and oxygen atoms in total. The van der Waals surface area contributed by atoms with Gasteiger partial charge in [0, 0.05) is 5.92 Å². The SMILES string of the molecule is CCCCSCC(=O)C(C)CC. The van der Waals surface area contributed by atoms with Crippen molar-refractivity contribution in [2.45, 2.75) is 40.0 Å². The molecular weight excluding hydrogens is 168 g/mol. The minimum absolute atomic E-state index is 0.263. The normalized spacial score (nSPS) is 12.9. The summed E-state index contributed by atoms with van der Waals surface area (Å²) in [5.74, 6) is 2.53. The smallest absolute Gasteiger partial charge is 0.145 e. The molecule has 0 rings (SSSR count). The minimum Gasteiger partial charge on any atom is -0.298 e. The Labute approximate surface area is 80.3 Å². The van der Waals surface area contributed by atoms with Crippen LogP contribution in [0.1, 0.15) is 40.0 Å². The summed E-state index contributed by atoms with van der Waals surface area (Å²) in [6.45, 7) is 6.26. The highest BCUT2D eigenvalue weighted by atomic mass is 32.2. The van der Waals surface area contributed by atoms with Crippen LogP contribution in [-0.4, -0.2) is 17.3 Å². The topological polar surface area (TPSA) is 17.1 Å². The van der Waals surface area contributed by atoms with E-state index < -0.39 is 0 Å². The molecule has 0 amide bonds. The predicted octanol–water partition coefficient (Wildman–Crippen LogP) is 3.13. The van der Waals surface area contributed by atoms with Crippen LogP contribution >= 0.6 is 11.8 Å². The minimum atomic E-state index is 0.263. The number of rotatable bonds is 7. The lowest BCUT2D eigenvalue weighted by atomic mass is 10.1. The molecule has 0 bridgehead atoms. The Bertz CT molecular complexity index is 123. The van der Waals surface area contributed by atoms with E-state index in [0.717, 1.165) is 17.9 Å². The van der Waals surface area contributed by atoms with E-state index in [2.05, 4.69) is 13.8 Å². The van der Waals surface area contributed by atoms with Gasteiger partial charge >= 0.3 is 0 Å². The van der Waals surface area contributed by atoms with Crippen LogP contribution in [0.3, 0.4) is 0 Å². The molecule has 1 atom stereocenters. The molecule has 12 heavy (non-hydrogen) atoms. The summed E-state index contributed by atoms with van der Waals surface area (Å²) < 4.78 is 0. The van der Waals surface area contributed by atoms with Crippen molar-refractivity contribution in [3.8, 4) is 0 Å². The fourth-order valence-electron chi connectivity index (χ4n) is 0.789. The third-order valence-electron chi connectivity index (χ3n) is 2.05. The summed E-state index contributed by atoms with van der Waals surface area (Å²) in [5.41, 5.74) is 0. The van der Waals surface area contributed by atoms with Gasteiger partial charge in [-0.3, -0.25) is 4.79 Å². The van der Waals surface area contributed by atoms with E-state index in [0.29, 0.717) is 5.78 Å². The summed E-state index contributed by atoms with van der Waals surface area (Å²) in [4.78, 5) is 11.3. The molecule has 0 aliphatic rings. The quantitative estimate of drug-likeness (QED) is 0.571. The summed E-state index contributed by atoms with van der Waals surface area (Å²) >= 11 is 1.78. The maximum absolute atomic E-state index is 11.3. The van der Waals surface area contributed by atoms with E-state index >= 15 is 0 Å². The number of hydrogen-bond acceptors (Lipinski definition) is 2. The molecule has 0 spiro atoms. The molecule has 0 saturated heterocycles. The largest absolute Gasteiger partial charge is 0.298 e. The van der Waals surface area contributed by atoms with E-state index in [1.54, 1.807) is 11.8 Å². The van der Waals surface area contributed by atoms with Crippen molar-refractivity contribution in [3.63, 3.8) is 0 Å². The number of carbonyl (C=O) groups excluding carboxylic acids is 1. The Kier molecular flexibility index (Phi) is 7.67. The lowest BCUT2D eigenvalue weighted by molar-refractivity contribution is -0.119. The first-order valence-electron chi connectivity index (χ1n) is 4.82. The van der Waals surface area contributed by atoms with Crippen LogP contribution in [0.2, 0.25) is 0 Å². The van der Waals surface area contributed by atoms with Gasteiger partial charge < -0.3 is 0 Å². The molecule has 1 unspecified atom stereocenters. The number of ketones is 1. The average Bonchev–Trinajstić information content (AvgIpc) is 2.10. The molecule has 72 valence electrons. The van der Waals surface area contributed by atoms with Gasteiger partial charge in [0.1, 0.15) is 5.78 Å². The second-order valence-corrected chi connectivity index (χ2v) is 4.29. The molecule has 0 aromatic heterocycles. The van der Waals surface area contributed by atoms with Crippen LogP contribution in [0.4, 0.5) is 0 Å². The Balaban J connectivity index is 3.31. The maximum Gasteiger partial charge on any atom is 0.145 e. The van der Waals surface area contributed by atoms with E-state index in [-0.39, 0.29) is 5.92 Å². The van der Waals surface area contributed by atoms with Crippen LogP contribution in [0, 0.1) is 5.92 Å². The fraction of sp³-hybridized carbons (Fsp3) is 0.900. The van der Waals surface area contributed by atoms with Crippen molar-refractivity contribution in [2.24, 2.45) is 5.92 Å². The first-order chi connectivity index (χ1) is 5.72. The van der Waals surface area contributed by atoms with Crippen LogP contribution in [0.25, 0.3) is 0 Å². The third kappa shape index (κ3) is 5.64. The Morgan fingerprint density at radius 1 is 1.42 bits per heavy atom. The zero-order valence-electron chi connectivity index (χ0n) is 8.43. The van der Waals surface area contributed by atoms with Crippen molar-refractivity contribution >= 4 is 17.5 Å². The van der Waals surface area contributed by atoms with Crippen LogP contribution in [-0.2, 0) is 4.79 Å². The standard InChI is InChI=1S/C10H20OS/c1-4-6-7-12-8-10(11)9(3)5-2/h9H,4-8H2,1-3H3. The Morgan fingerprint density at radius 2 is 2.08 bits per heavy atom. The summed E-state index contributed by atoms with van der Waals surface area (Å²) in [6, 6.07) is 0. The van der Waals surface area contributed by atoms with E-state index in [1.807, 2.05) is 6.92 Å². The molecule has 0 aliphatic carbocycles. The lowest BCUT2D eigenvalue weighted by Gasteiger charge is -2.05. The molecule has 0 radical (unpaired) electrons. The molecule has 2 heteroatoms. The van der Waals surface area contributed by atoms with E-state index in [1.165, 1.54) is 12.8 Å². The highest BCUT2D eigenvalue weighted by Gasteiger charge is 2.09. The monoisotopic (exact) mass is 188 g/mol. The second-order valence-electron chi connectivity index (χ2n) is 3.18. The highest BCUT2D eigenvalue weighted by molar-refractivity contribution is 7.99. The van der Waals surface area contributed by atoms with Crippen LogP contribution in [0.15, 0.2) is 0 Å². The lowest BCUT2D eigenvalue weighted by Crippen LogP contribution is -2.12. The van der Waals surface area contributed by atoms with Gasteiger partial charge in [0.05, 0.1) is 5.75 Å². The molecular formula is C10H20OS. The van der Waals surface area contributed by atoms with Gasteiger partial charge in [0.2, 0.25) is 0 Å². The highest BCUT2D eigenvalue weighted by Crippen LogP contribution is 2.10. The van der Waals surface area contributed by atoms with Gasteiger partial charge in [-0.15, -0.1) is 0 Å². The summed E-state index contributed by atoms with van der Waals surface area (Å²) in [5, 5.41) is 0. The number of Topliss-reactive ketones (excluding diaryl/α,β-unsaturated/α-hetero) is 1. The van der Waals surface area contributed by atoms with Crippen LogP contribution in [0.5, 0.6) is 0 Å². The molecule has 0 aliphatic heterocycles. The van der Waals surface area contributed by atoms with Gasteiger partial charge in [0.15, 0.2) is 0 Å². The average molecular weight is 188 g/mol. The number of hydrogen-bond donors (Lipinski definition) is 0. The summed E-state index contributed by atoms with van der Waals surface area (Å²) in [7, 11) is 0. The second kappa shape index (κ2) is 7.66. The predicted molar refractivity (Wildman–Crippen MR) is 56.7 cm³/mol. The van der Waals surface area contributed by atoms with Crippen molar-refractivity contribution in [3.05, 3.63) is 0 Å². The van der Waals surface area contributed by atoms with Crippen LogP contribution < -0.4 is 0 Å². The van der Waals surface area contributed by atoms with Gasteiger partial charge in [0.25, 0.3) is 0 Å².